The van der Waals surface area contributed by atoms with E-state index in [1.54, 1.807) is 24.3 Å². The van der Waals surface area contributed by atoms with Gasteiger partial charge in [-0.2, -0.15) is 0 Å². The van der Waals surface area contributed by atoms with E-state index in [0.29, 0.717) is 5.69 Å². The summed E-state index contributed by atoms with van der Waals surface area (Å²) in [6, 6.07) is 8.76. The second kappa shape index (κ2) is 6.60. The zero-order valence-corrected chi connectivity index (χ0v) is 13.4. The van der Waals surface area contributed by atoms with Crippen LogP contribution < -0.4 is 5.32 Å². The molecule has 1 aromatic rings. The van der Waals surface area contributed by atoms with Gasteiger partial charge in [0.15, 0.2) is 0 Å². The highest BCUT2D eigenvalue weighted by Crippen LogP contribution is 2.24. The number of carbonyl (C=O) groups excluding carboxylic acids is 3. The summed E-state index contributed by atoms with van der Waals surface area (Å²) in [5, 5.41) is 2.64. The first-order valence-corrected chi connectivity index (χ1v) is 6.79. The molecule has 0 aliphatic carbocycles. The van der Waals surface area contributed by atoms with Gasteiger partial charge in [0.05, 0.1) is 7.11 Å². The van der Waals surface area contributed by atoms with Crippen molar-refractivity contribution in [1.82, 2.24) is 0 Å². The van der Waals surface area contributed by atoms with Gasteiger partial charge in [0, 0.05) is 5.69 Å². The van der Waals surface area contributed by atoms with E-state index in [0.717, 1.165) is 0 Å². The lowest BCUT2D eigenvalue weighted by Crippen LogP contribution is -2.46. The fourth-order valence-electron chi connectivity index (χ4n) is 1.55. The summed E-state index contributed by atoms with van der Waals surface area (Å²) in [5.41, 5.74) is -2.35. The Labute approximate surface area is 129 Å². The molecule has 0 heterocycles. The van der Waals surface area contributed by atoms with E-state index in [1.807, 2.05) is 6.07 Å². The summed E-state index contributed by atoms with van der Waals surface area (Å²) < 4.78 is 9.71. The number of rotatable bonds is 5. The van der Waals surface area contributed by atoms with Crippen LogP contribution in [0.25, 0.3) is 0 Å². The van der Waals surface area contributed by atoms with E-state index in [2.05, 4.69) is 10.1 Å². The number of hydrogen-bond acceptors (Lipinski definition) is 5. The molecule has 1 N–H and O–H groups in total. The number of esters is 2. The van der Waals surface area contributed by atoms with Gasteiger partial charge in [0.2, 0.25) is 11.5 Å². The first-order chi connectivity index (χ1) is 10.1. The molecular formula is C16H21NO5. The largest absolute Gasteiger partial charge is 0.466 e. The van der Waals surface area contributed by atoms with E-state index in [1.165, 1.54) is 34.8 Å². The van der Waals surface area contributed by atoms with E-state index >= 15 is 0 Å². The smallest absolute Gasteiger partial charge is 0.349 e. The predicted octanol–water partition coefficient (Wildman–Crippen LogP) is 2.15. The Hall–Kier alpha value is -2.37. The Bertz CT molecular complexity index is 563. The minimum Gasteiger partial charge on any atom is -0.466 e. The molecule has 0 spiro atoms. The minimum absolute atomic E-state index is 0.524. The number of hydrogen-bond donors (Lipinski definition) is 1. The SMILES string of the molecule is COC(=O)C(C)(C)OC(=O)C(C)(C)C(=O)Nc1ccccc1. The lowest BCUT2D eigenvalue weighted by Gasteiger charge is -2.28. The predicted molar refractivity (Wildman–Crippen MR) is 81.0 cm³/mol. The zero-order chi connectivity index (χ0) is 17.0. The van der Waals surface area contributed by atoms with Crippen molar-refractivity contribution in [3.05, 3.63) is 30.3 Å². The third kappa shape index (κ3) is 4.07. The molecule has 1 amide bonds. The summed E-state index contributed by atoms with van der Waals surface area (Å²) >= 11 is 0. The van der Waals surface area contributed by atoms with Gasteiger partial charge in [-0.05, 0) is 39.8 Å². The number of methoxy groups -OCH3 is 1. The number of nitrogens with one attached hydrogen (secondary N) is 1. The third-order valence-corrected chi connectivity index (χ3v) is 3.13. The Morgan fingerprint density at radius 3 is 2.00 bits per heavy atom. The normalized spacial score (nSPS) is 11.5. The molecule has 0 aliphatic rings. The number of para-hydroxylation sites is 1. The van der Waals surface area contributed by atoms with Crippen LogP contribution in [0.4, 0.5) is 5.69 Å². The molecule has 0 fully saturated rings. The van der Waals surface area contributed by atoms with Crippen LogP contribution in [-0.2, 0) is 23.9 Å². The Kier molecular flexibility index (Phi) is 5.30. The molecule has 0 radical (unpaired) electrons. The number of benzene rings is 1. The monoisotopic (exact) mass is 307 g/mol. The van der Waals surface area contributed by atoms with Gasteiger partial charge in [0.1, 0.15) is 5.41 Å². The fraction of sp³-hybridized carbons (Fsp3) is 0.438. The maximum Gasteiger partial charge on any atom is 0.349 e. The standard InChI is InChI=1S/C16H21NO5/c1-15(2,12(18)17-11-9-7-6-8-10-11)13(19)22-16(3,4)14(20)21-5/h6-10H,1-5H3,(H,17,18). The van der Waals surface area contributed by atoms with Gasteiger partial charge in [-0.3, -0.25) is 9.59 Å². The maximum atomic E-state index is 12.3. The molecular weight excluding hydrogens is 286 g/mol. The van der Waals surface area contributed by atoms with Gasteiger partial charge >= 0.3 is 11.9 Å². The number of anilines is 1. The van der Waals surface area contributed by atoms with Crippen LogP contribution in [-0.4, -0.2) is 30.6 Å². The Morgan fingerprint density at radius 1 is 0.955 bits per heavy atom. The van der Waals surface area contributed by atoms with E-state index < -0.39 is 28.9 Å². The number of amides is 1. The molecule has 6 heteroatoms. The van der Waals surface area contributed by atoms with Crippen molar-refractivity contribution in [2.45, 2.75) is 33.3 Å². The van der Waals surface area contributed by atoms with Crippen molar-refractivity contribution in [2.24, 2.45) is 5.41 Å². The van der Waals surface area contributed by atoms with Crippen LogP contribution in [0.5, 0.6) is 0 Å². The van der Waals surface area contributed by atoms with Crippen LogP contribution in [0, 0.1) is 5.41 Å². The number of ether oxygens (including phenoxy) is 2. The van der Waals surface area contributed by atoms with E-state index in [9.17, 15) is 14.4 Å². The second-order valence-corrected chi connectivity index (χ2v) is 5.84. The van der Waals surface area contributed by atoms with Crippen molar-refractivity contribution >= 4 is 23.5 Å². The van der Waals surface area contributed by atoms with Crippen LogP contribution in [0.1, 0.15) is 27.7 Å². The molecule has 0 aromatic heterocycles. The van der Waals surface area contributed by atoms with E-state index in [4.69, 9.17) is 4.74 Å². The highest BCUT2D eigenvalue weighted by Gasteiger charge is 2.43. The highest BCUT2D eigenvalue weighted by atomic mass is 16.6. The zero-order valence-electron chi connectivity index (χ0n) is 13.4. The topological polar surface area (TPSA) is 81.7 Å². The second-order valence-electron chi connectivity index (χ2n) is 5.84. The van der Waals surface area contributed by atoms with Crippen LogP contribution in [0.3, 0.4) is 0 Å². The average Bonchev–Trinajstić information content (AvgIpc) is 2.46. The van der Waals surface area contributed by atoms with E-state index in [-0.39, 0.29) is 0 Å². The summed E-state index contributed by atoms with van der Waals surface area (Å²) in [6.45, 7) is 5.67. The molecule has 0 bridgehead atoms. The van der Waals surface area contributed by atoms with Crippen molar-refractivity contribution in [3.63, 3.8) is 0 Å². The van der Waals surface area contributed by atoms with Gasteiger partial charge in [-0.25, -0.2) is 4.79 Å². The fourth-order valence-corrected chi connectivity index (χ4v) is 1.55. The molecule has 120 valence electrons. The molecule has 0 unspecified atom stereocenters. The molecule has 22 heavy (non-hydrogen) atoms. The van der Waals surface area contributed by atoms with Crippen molar-refractivity contribution in [1.29, 1.82) is 0 Å². The molecule has 0 atom stereocenters. The molecule has 1 aromatic carbocycles. The van der Waals surface area contributed by atoms with Crippen molar-refractivity contribution in [3.8, 4) is 0 Å². The molecule has 6 nitrogen and oxygen atoms in total. The first-order valence-electron chi connectivity index (χ1n) is 6.79. The van der Waals surface area contributed by atoms with Crippen molar-refractivity contribution < 1.29 is 23.9 Å². The molecule has 0 saturated heterocycles. The third-order valence-electron chi connectivity index (χ3n) is 3.13. The first kappa shape index (κ1) is 17.7. The summed E-state index contributed by atoms with van der Waals surface area (Å²) in [5.74, 6) is -2.03. The molecule has 0 aliphatic heterocycles. The van der Waals surface area contributed by atoms with Gasteiger partial charge in [-0.15, -0.1) is 0 Å². The van der Waals surface area contributed by atoms with Crippen LogP contribution in [0.15, 0.2) is 30.3 Å². The highest BCUT2D eigenvalue weighted by molar-refractivity contribution is 6.08. The molecule has 1 rings (SSSR count). The van der Waals surface area contributed by atoms with Crippen molar-refractivity contribution in [2.75, 3.05) is 12.4 Å². The summed E-state index contributed by atoms with van der Waals surface area (Å²) in [4.78, 5) is 36.1. The van der Waals surface area contributed by atoms with Gasteiger partial charge < -0.3 is 14.8 Å². The maximum absolute atomic E-state index is 12.3. The lowest BCUT2D eigenvalue weighted by atomic mass is 9.92. The van der Waals surface area contributed by atoms with Crippen LogP contribution in [0.2, 0.25) is 0 Å². The van der Waals surface area contributed by atoms with Gasteiger partial charge in [0.25, 0.3) is 0 Å². The quantitative estimate of drug-likeness (QED) is 0.666. The van der Waals surface area contributed by atoms with Gasteiger partial charge in [-0.1, -0.05) is 18.2 Å². The summed E-state index contributed by atoms with van der Waals surface area (Å²) in [6.07, 6.45) is 0. The average molecular weight is 307 g/mol. The molecule has 0 saturated carbocycles. The summed E-state index contributed by atoms with van der Waals surface area (Å²) in [7, 11) is 1.20. The van der Waals surface area contributed by atoms with Crippen LogP contribution >= 0.6 is 0 Å². The Balaban J connectivity index is 2.82. The lowest BCUT2D eigenvalue weighted by molar-refractivity contribution is -0.183. The minimum atomic E-state index is -1.46. The number of carbonyl (C=O) groups is 3. The Morgan fingerprint density at radius 2 is 1.50 bits per heavy atom.